The van der Waals surface area contributed by atoms with Gasteiger partial charge in [0.05, 0.1) is 18.0 Å². The molecule has 1 aromatic heterocycles. The van der Waals surface area contributed by atoms with Crippen LogP contribution in [-0.4, -0.2) is 16.1 Å². The molecule has 0 unspecified atom stereocenters. The fourth-order valence-electron chi connectivity index (χ4n) is 2.40. The lowest BCUT2D eigenvalue weighted by molar-refractivity contribution is 0.210. The topological polar surface area (TPSA) is 63.9 Å². The molecule has 0 radical (unpaired) electrons. The first kappa shape index (κ1) is 11.1. The van der Waals surface area contributed by atoms with Crippen LogP contribution >= 0.6 is 0 Å². The second-order valence-corrected chi connectivity index (χ2v) is 4.73. The summed E-state index contributed by atoms with van der Waals surface area (Å²) < 4.78 is 5.92. The first-order valence-corrected chi connectivity index (χ1v) is 6.39. The smallest absolute Gasteiger partial charge is 0.197 e. The van der Waals surface area contributed by atoms with Gasteiger partial charge in [0.25, 0.3) is 0 Å². The minimum atomic E-state index is 0.402. The quantitative estimate of drug-likeness (QED) is 0.871. The van der Waals surface area contributed by atoms with Crippen LogP contribution in [-0.2, 0) is 0 Å². The predicted octanol–water partition coefficient (Wildman–Crippen LogP) is 2.98. The van der Waals surface area contributed by atoms with Crippen molar-refractivity contribution in [2.24, 2.45) is 0 Å². The number of hydrogen-bond acceptors (Lipinski definition) is 3. The molecule has 0 amide bonds. The van der Waals surface area contributed by atoms with Gasteiger partial charge < -0.3 is 15.5 Å². The molecule has 2 aromatic rings. The number of ether oxygens (including phenoxy) is 1. The average Bonchev–Trinajstić information content (AvgIpc) is 3.02. The summed E-state index contributed by atoms with van der Waals surface area (Å²) in [6.07, 6.45) is 7.07. The van der Waals surface area contributed by atoms with E-state index in [0.29, 0.717) is 12.1 Å². The van der Waals surface area contributed by atoms with Gasteiger partial charge in [0.15, 0.2) is 5.95 Å². The Balaban J connectivity index is 1.72. The predicted molar refractivity (Wildman–Crippen MR) is 71.3 cm³/mol. The molecule has 0 spiro atoms. The summed E-state index contributed by atoms with van der Waals surface area (Å²) >= 11 is 0. The lowest BCUT2D eigenvalue weighted by Gasteiger charge is -2.13. The van der Waals surface area contributed by atoms with Crippen molar-refractivity contribution in [1.82, 2.24) is 9.97 Å². The van der Waals surface area contributed by atoms with Gasteiger partial charge in [-0.3, -0.25) is 0 Å². The van der Waals surface area contributed by atoms with Gasteiger partial charge in [-0.2, -0.15) is 0 Å². The van der Waals surface area contributed by atoms with Gasteiger partial charge in [-0.25, -0.2) is 4.98 Å². The fourth-order valence-corrected chi connectivity index (χ4v) is 2.40. The minimum absolute atomic E-state index is 0.402. The first-order valence-electron chi connectivity index (χ1n) is 6.39. The van der Waals surface area contributed by atoms with Crippen molar-refractivity contribution >= 4 is 5.95 Å². The van der Waals surface area contributed by atoms with Crippen LogP contribution in [0.1, 0.15) is 25.7 Å². The molecule has 94 valence electrons. The lowest BCUT2D eigenvalue weighted by Crippen LogP contribution is -2.10. The molecule has 0 bridgehead atoms. The Labute approximate surface area is 106 Å². The van der Waals surface area contributed by atoms with Gasteiger partial charge in [-0.1, -0.05) is 0 Å². The molecule has 1 aliphatic carbocycles. The Kier molecular flexibility index (Phi) is 2.92. The van der Waals surface area contributed by atoms with Gasteiger partial charge >= 0.3 is 0 Å². The number of nitrogens with one attached hydrogen (secondary N) is 1. The third-order valence-corrected chi connectivity index (χ3v) is 3.37. The summed E-state index contributed by atoms with van der Waals surface area (Å²) in [4.78, 5) is 7.00. The number of imidazole rings is 1. The monoisotopic (exact) mass is 243 g/mol. The summed E-state index contributed by atoms with van der Waals surface area (Å²) in [5, 5.41) is 0. The number of nitrogens with zero attached hydrogens (tertiary/aromatic N) is 1. The number of rotatable bonds is 3. The standard InChI is InChI=1S/C14H17N3O/c15-14-16-9-13(17-14)10-5-7-12(8-6-10)18-11-3-1-2-4-11/h5-9,11H,1-4H2,(H3,15,16,17). The number of hydrogen-bond donors (Lipinski definition) is 2. The molecule has 1 heterocycles. The van der Waals surface area contributed by atoms with E-state index >= 15 is 0 Å². The molecule has 0 saturated heterocycles. The van der Waals surface area contributed by atoms with Crippen molar-refractivity contribution < 1.29 is 4.74 Å². The van der Waals surface area contributed by atoms with Gasteiger partial charge in [-0.15, -0.1) is 0 Å². The van der Waals surface area contributed by atoms with Crippen LogP contribution in [0.2, 0.25) is 0 Å². The van der Waals surface area contributed by atoms with Gasteiger partial charge in [-0.05, 0) is 55.5 Å². The molecular formula is C14H17N3O. The van der Waals surface area contributed by atoms with Crippen LogP contribution in [0.4, 0.5) is 5.95 Å². The molecule has 0 aliphatic heterocycles. The van der Waals surface area contributed by atoms with Gasteiger partial charge in [0, 0.05) is 0 Å². The van der Waals surface area contributed by atoms with Crippen LogP contribution in [0.5, 0.6) is 5.75 Å². The summed E-state index contributed by atoms with van der Waals surface area (Å²) in [5.74, 6) is 1.38. The Morgan fingerprint density at radius 1 is 1.17 bits per heavy atom. The number of nitrogens with two attached hydrogens (primary N) is 1. The second kappa shape index (κ2) is 4.72. The molecule has 4 heteroatoms. The third kappa shape index (κ3) is 2.32. The normalized spacial score (nSPS) is 16.0. The molecule has 1 aliphatic rings. The van der Waals surface area contributed by atoms with Crippen LogP contribution in [0, 0.1) is 0 Å². The van der Waals surface area contributed by atoms with E-state index in [4.69, 9.17) is 10.5 Å². The largest absolute Gasteiger partial charge is 0.490 e. The SMILES string of the molecule is Nc1ncc(-c2ccc(OC3CCCC3)cc2)[nH]1. The van der Waals surface area contributed by atoms with E-state index in [0.717, 1.165) is 17.0 Å². The molecule has 0 atom stereocenters. The summed E-state index contributed by atoms with van der Waals surface area (Å²) in [6.45, 7) is 0. The van der Waals surface area contributed by atoms with E-state index < -0.39 is 0 Å². The number of anilines is 1. The fraction of sp³-hybridized carbons (Fsp3) is 0.357. The number of nitrogen functional groups attached to an aromatic ring is 1. The van der Waals surface area contributed by atoms with Crippen molar-refractivity contribution in [2.45, 2.75) is 31.8 Å². The highest BCUT2D eigenvalue weighted by atomic mass is 16.5. The highest BCUT2D eigenvalue weighted by Gasteiger charge is 2.16. The zero-order valence-electron chi connectivity index (χ0n) is 10.2. The number of aromatic amines is 1. The maximum atomic E-state index is 5.92. The highest BCUT2D eigenvalue weighted by molar-refractivity contribution is 5.60. The number of aromatic nitrogens is 2. The van der Waals surface area contributed by atoms with E-state index in [2.05, 4.69) is 9.97 Å². The zero-order chi connectivity index (χ0) is 12.4. The van der Waals surface area contributed by atoms with E-state index in [1.54, 1.807) is 6.20 Å². The first-order chi connectivity index (χ1) is 8.81. The molecular weight excluding hydrogens is 226 g/mol. The van der Waals surface area contributed by atoms with Crippen molar-refractivity contribution in [3.63, 3.8) is 0 Å². The van der Waals surface area contributed by atoms with E-state index in [-0.39, 0.29) is 0 Å². The average molecular weight is 243 g/mol. The summed E-state index contributed by atoms with van der Waals surface area (Å²) in [5.41, 5.74) is 7.56. The molecule has 4 nitrogen and oxygen atoms in total. The van der Waals surface area contributed by atoms with E-state index in [1.807, 2.05) is 24.3 Å². The van der Waals surface area contributed by atoms with Crippen molar-refractivity contribution in [3.05, 3.63) is 30.5 Å². The molecule has 1 fully saturated rings. The maximum absolute atomic E-state index is 5.92. The molecule has 18 heavy (non-hydrogen) atoms. The summed E-state index contributed by atoms with van der Waals surface area (Å²) in [7, 11) is 0. The Bertz CT molecular complexity index is 512. The Morgan fingerprint density at radius 2 is 1.89 bits per heavy atom. The van der Waals surface area contributed by atoms with Crippen molar-refractivity contribution in [2.75, 3.05) is 5.73 Å². The molecule has 1 aromatic carbocycles. The van der Waals surface area contributed by atoms with Crippen molar-refractivity contribution in [1.29, 1.82) is 0 Å². The van der Waals surface area contributed by atoms with Gasteiger partial charge in [0.2, 0.25) is 0 Å². The highest BCUT2D eigenvalue weighted by Crippen LogP contribution is 2.26. The maximum Gasteiger partial charge on any atom is 0.197 e. The van der Waals surface area contributed by atoms with Crippen LogP contribution in [0.25, 0.3) is 11.3 Å². The summed E-state index contributed by atoms with van der Waals surface area (Å²) in [6, 6.07) is 8.06. The number of H-pyrrole nitrogens is 1. The van der Waals surface area contributed by atoms with Gasteiger partial charge in [0.1, 0.15) is 5.75 Å². The van der Waals surface area contributed by atoms with E-state index in [9.17, 15) is 0 Å². The van der Waals surface area contributed by atoms with Crippen LogP contribution < -0.4 is 10.5 Å². The third-order valence-electron chi connectivity index (χ3n) is 3.37. The van der Waals surface area contributed by atoms with Crippen molar-refractivity contribution in [3.8, 4) is 17.0 Å². The molecule has 1 saturated carbocycles. The van der Waals surface area contributed by atoms with Crippen LogP contribution in [0.3, 0.4) is 0 Å². The Hall–Kier alpha value is -1.97. The number of benzene rings is 1. The molecule has 3 rings (SSSR count). The lowest BCUT2D eigenvalue weighted by atomic mass is 10.1. The molecule has 3 N–H and O–H groups in total. The van der Waals surface area contributed by atoms with Crippen LogP contribution in [0.15, 0.2) is 30.5 Å². The van der Waals surface area contributed by atoms with E-state index in [1.165, 1.54) is 25.7 Å². The second-order valence-electron chi connectivity index (χ2n) is 4.73. The zero-order valence-corrected chi connectivity index (χ0v) is 10.2. The Morgan fingerprint density at radius 3 is 2.50 bits per heavy atom. The minimum Gasteiger partial charge on any atom is -0.490 e.